The zero-order valence-corrected chi connectivity index (χ0v) is 16.3. The Hall–Kier alpha value is -2.38. The molecule has 0 bridgehead atoms. The van der Waals surface area contributed by atoms with Crippen LogP contribution in [-0.2, 0) is 13.1 Å². The number of halogens is 1. The molecule has 3 rings (SSSR count). The van der Waals surface area contributed by atoms with Gasteiger partial charge in [-0.25, -0.2) is 0 Å². The Morgan fingerprint density at radius 1 is 1.23 bits per heavy atom. The monoisotopic (exact) mass is 388 g/mol. The molecule has 0 spiro atoms. The van der Waals surface area contributed by atoms with Crippen LogP contribution in [0.25, 0.3) is 0 Å². The lowest BCUT2D eigenvalue weighted by molar-refractivity contribution is 0.568. The van der Waals surface area contributed by atoms with Crippen molar-refractivity contribution in [2.75, 3.05) is 5.32 Å². The number of nitrogens with zero attached hydrogens (tertiary/aromatic N) is 4. The van der Waals surface area contributed by atoms with Crippen LogP contribution in [0.1, 0.15) is 31.1 Å². The summed E-state index contributed by atoms with van der Waals surface area (Å²) >= 11 is 11.3. The molecule has 0 fully saturated rings. The van der Waals surface area contributed by atoms with Gasteiger partial charge in [-0.15, -0.1) is 0 Å². The standard InChI is InChI=1S/C18H21ClN6S/c1-3-25-16(8-10-20-25)13(2)21-18(26)22-17-9-11-24(23-17)12-14-4-6-15(19)7-5-14/h4-11,13H,3,12H2,1-2H3,(H2,21,22,23,26). The van der Waals surface area contributed by atoms with E-state index in [9.17, 15) is 0 Å². The SMILES string of the molecule is CCn1nccc1C(C)NC(=S)Nc1ccn(Cc2ccc(Cl)cc2)n1. The van der Waals surface area contributed by atoms with Crippen LogP contribution in [0.2, 0.25) is 5.02 Å². The zero-order chi connectivity index (χ0) is 18.5. The van der Waals surface area contributed by atoms with Gasteiger partial charge in [0.05, 0.1) is 18.3 Å². The second-order valence-corrected chi connectivity index (χ2v) is 6.76. The van der Waals surface area contributed by atoms with Crippen LogP contribution in [0.15, 0.2) is 48.8 Å². The number of thiocarbonyl (C=S) groups is 1. The van der Waals surface area contributed by atoms with Gasteiger partial charge in [-0.05, 0) is 49.8 Å². The fourth-order valence-corrected chi connectivity index (χ4v) is 3.10. The average Bonchev–Trinajstić information content (AvgIpc) is 3.26. The van der Waals surface area contributed by atoms with E-state index in [1.54, 1.807) is 6.20 Å². The maximum absolute atomic E-state index is 5.91. The number of hydrogen-bond donors (Lipinski definition) is 2. The summed E-state index contributed by atoms with van der Waals surface area (Å²) in [5.41, 5.74) is 2.22. The topological polar surface area (TPSA) is 59.7 Å². The summed E-state index contributed by atoms with van der Waals surface area (Å²) in [4.78, 5) is 0. The minimum atomic E-state index is 0.0496. The van der Waals surface area contributed by atoms with Crippen molar-refractivity contribution in [1.82, 2.24) is 24.9 Å². The van der Waals surface area contributed by atoms with Crippen LogP contribution >= 0.6 is 23.8 Å². The molecule has 2 aromatic heterocycles. The Morgan fingerprint density at radius 2 is 2.00 bits per heavy atom. The first-order valence-electron chi connectivity index (χ1n) is 8.42. The Bertz CT molecular complexity index is 870. The molecule has 0 aliphatic rings. The number of aromatic nitrogens is 4. The van der Waals surface area contributed by atoms with Gasteiger partial charge in [0.15, 0.2) is 10.9 Å². The van der Waals surface area contributed by atoms with E-state index in [2.05, 4.69) is 34.7 Å². The second kappa shape index (κ2) is 8.33. The average molecular weight is 389 g/mol. The Morgan fingerprint density at radius 3 is 2.73 bits per heavy atom. The van der Waals surface area contributed by atoms with E-state index in [1.165, 1.54) is 0 Å². The highest BCUT2D eigenvalue weighted by Gasteiger charge is 2.12. The van der Waals surface area contributed by atoms with E-state index in [0.717, 1.165) is 22.8 Å². The van der Waals surface area contributed by atoms with Gasteiger partial charge in [0.2, 0.25) is 0 Å². The first-order chi connectivity index (χ1) is 12.5. The minimum Gasteiger partial charge on any atom is -0.354 e. The summed E-state index contributed by atoms with van der Waals surface area (Å²) in [6, 6.07) is 11.7. The summed E-state index contributed by atoms with van der Waals surface area (Å²) in [7, 11) is 0. The fourth-order valence-electron chi connectivity index (χ4n) is 2.69. The van der Waals surface area contributed by atoms with E-state index in [4.69, 9.17) is 23.8 Å². The number of nitrogens with one attached hydrogen (secondary N) is 2. The van der Waals surface area contributed by atoms with Crippen LogP contribution < -0.4 is 10.6 Å². The number of benzene rings is 1. The predicted octanol–water partition coefficient (Wildman–Crippen LogP) is 3.85. The van der Waals surface area contributed by atoms with Crippen molar-refractivity contribution in [2.45, 2.75) is 33.0 Å². The van der Waals surface area contributed by atoms with Gasteiger partial charge in [0, 0.05) is 30.0 Å². The molecule has 2 N–H and O–H groups in total. The number of aryl methyl sites for hydroxylation is 1. The first kappa shape index (κ1) is 18.4. The Kier molecular flexibility index (Phi) is 5.90. The summed E-state index contributed by atoms with van der Waals surface area (Å²) in [6.07, 6.45) is 3.71. The molecule has 0 saturated heterocycles. The van der Waals surface area contributed by atoms with Crippen molar-refractivity contribution in [3.63, 3.8) is 0 Å². The van der Waals surface area contributed by atoms with Gasteiger partial charge >= 0.3 is 0 Å². The third-order valence-electron chi connectivity index (χ3n) is 3.98. The maximum Gasteiger partial charge on any atom is 0.172 e. The lowest BCUT2D eigenvalue weighted by atomic mass is 10.2. The Balaban J connectivity index is 1.56. The van der Waals surface area contributed by atoms with Gasteiger partial charge in [-0.3, -0.25) is 9.36 Å². The molecule has 0 aliphatic heterocycles. The largest absolute Gasteiger partial charge is 0.354 e. The Labute approximate surface area is 163 Å². The molecule has 0 amide bonds. The molecule has 26 heavy (non-hydrogen) atoms. The maximum atomic E-state index is 5.91. The van der Waals surface area contributed by atoms with E-state index in [0.29, 0.717) is 17.5 Å². The second-order valence-electron chi connectivity index (χ2n) is 5.92. The third kappa shape index (κ3) is 4.62. The molecule has 0 aliphatic carbocycles. The van der Waals surface area contributed by atoms with Crippen LogP contribution in [-0.4, -0.2) is 24.7 Å². The molecular formula is C18H21ClN6S. The molecule has 2 heterocycles. The van der Waals surface area contributed by atoms with E-state index in [-0.39, 0.29) is 6.04 Å². The van der Waals surface area contributed by atoms with Gasteiger partial charge < -0.3 is 10.6 Å². The molecule has 0 radical (unpaired) electrons. The highest BCUT2D eigenvalue weighted by Crippen LogP contribution is 2.13. The summed E-state index contributed by atoms with van der Waals surface area (Å²) in [5, 5.41) is 16.4. The molecule has 136 valence electrons. The van der Waals surface area contributed by atoms with Gasteiger partial charge in [-0.2, -0.15) is 10.2 Å². The van der Waals surface area contributed by atoms with Crippen molar-refractivity contribution in [1.29, 1.82) is 0 Å². The summed E-state index contributed by atoms with van der Waals surface area (Å²) in [6.45, 7) is 5.61. The van der Waals surface area contributed by atoms with Crippen molar-refractivity contribution in [2.24, 2.45) is 0 Å². The van der Waals surface area contributed by atoms with Crippen molar-refractivity contribution < 1.29 is 0 Å². The fraction of sp³-hybridized carbons (Fsp3) is 0.278. The summed E-state index contributed by atoms with van der Waals surface area (Å²) < 4.78 is 3.80. The molecule has 1 aromatic carbocycles. The first-order valence-corrected chi connectivity index (χ1v) is 9.21. The normalized spacial score (nSPS) is 12.0. The van der Waals surface area contributed by atoms with Gasteiger partial charge in [-0.1, -0.05) is 23.7 Å². The minimum absolute atomic E-state index is 0.0496. The number of hydrogen-bond acceptors (Lipinski definition) is 3. The van der Waals surface area contributed by atoms with Crippen molar-refractivity contribution in [3.8, 4) is 0 Å². The van der Waals surface area contributed by atoms with Crippen LogP contribution in [0.3, 0.4) is 0 Å². The quantitative estimate of drug-likeness (QED) is 0.628. The van der Waals surface area contributed by atoms with Crippen LogP contribution in [0.4, 0.5) is 5.82 Å². The van der Waals surface area contributed by atoms with E-state index < -0.39 is 0 Å². The lowest BCUT2D eigenvalue weighted by Crippen LogP contribution is -2.32. The predicted molar refractivity (Wildman–Crippen MR) is 108 cm³/mol. The third-order valence-corrected chi connectivity index (χ3v) is 4.45. The zero-order valence-electron chi connectivity index (χ0n) is 14.7. The van der Waals surface area contributed by atoms with Gasteiger partial charge in [0.25, 0.3) is 0 Å². The molecular weight excluding hydrogens is 368 g/mol. The highest BCUT2D eigenvalue weighted by molar-refractivity contribution is 7.80. The van der Waals surface area contributed by atoms with Crippen molar-refractivity contribution in [3.05, 3.63) is 65.1 Å². The number of rotatable bonds is 6. The molecule has 8 heteroatoms. The summed E-state index contributed by atoms with van der Waals surface area (Å²) in [5.74, 6) is 0.702. The van der Waals surface area contributed by atoms with Crippen LogP contribution in [0.5, 0.6) is 0 Å². The van der Waals surface area contributed by atoms with Crippen molar-refractivity contribution >= 4 is 34.7 Å². The molecule has 0 saturated carbocycles. The highest BCUT2D eigenvalue weighted by atomic mass is 35.5. The van der Waals surface area contributed by atoms with Gasteiger partial charge in [0.1, 0.15) is 0 Å². The molecule has 6 nitrogen and oxygen atoms in total. The van der Waals surface area contributed by atoms with E-state index >= 15 is 0 Å². The smallest absolute Gasteiger partial charge is 0.172 e. The van der Waals surface area contributed by atoms with Crippen LogP contribution in [0, 0.1) is 0 Å². The number of anilines is 1. The molecule has 3 aromatic rings. The molecule has 1 unspecified atom stereocenters. The van der Waals surface area contributed by atoms with E-state index in [1.807, 2.05) is 52.0 Å². The lowest BCUT2D eigenvalue weighted by Gasteiger charge is -2.17. The molecule has 1 atom stereocenters.